The van der Waals surface area contributed by atoms with Gasteiger partial charge >= 0.3 is 0 Å². The molecule has 4 heterocycles. The van der Waals surface area contributed by atoms with Gasteiger partial charge in [-0.2, -0.15) is 0 Å². The first-order valence-corrected chi connectivity index (χ1v) is 31.0. The topological polar surface area (TPSA) is 160 Å². The van der Waals surface area contributed by atoms with Gasteiger partial charge in [-0.05, 0) is 121 Å². The van der Waals surface area contributed by atoms with Crippen molar-refractivity contribution in [3.8, 4) is 23.0 Å². The molecule has 16 heteroatoms. The normalized spacial score (nSPS) is 12.3. The minimum Gasteiger partial charge on any atom is -0.487 e. The van der Waals surface area contributed by atoms with E-state index >= 15 is 0 Å². The highest BCUT2D eigenvalue weighted by atomic mass is 16.5. The molecule has 85 heavy (non-hydrogen) atoms. The summed E-state index contributed by atoms with van der Waals surface area (Å²) in [7, 11) is 0. The summed E-state index contributed by atoms with van der Waals surface area (Å²) >= 11 is 0. The van der Waals surface area contributed by atoms with Gasteiger partial charge in [0.1, 0.15) is 49.4 Å². The minimum absolute atomic E-state index is 0.120. The smallest absolute Gasteiger partial charge is 0.132 e. The zero-order chi connectivity index (χ0) is 61.3. The molecular formula is C69H96N12O4. The Balaban J connectivity index is 1.35. The fraction of sp³-hybridized carbons (Fsp3) is 0.536. The maximum absolute atomic E-state index is 7.38. The second-order valence-electron chi connectivity index (χ2n) is 27.0. The zero-order valence-electron chi connectivity index (χ0n) is 54.3. The first kappa shape index (κ1) is 63.7. The Morgan fingerprint density at radius 1 is 0.329 bits per heavy atom. The molecule has 0 amide bonds. The molecule has 4 aromatic heterocycles. The summed E-state index contributed by atoms with van der Waals surface area (Å²) in [6, 6.07) is 20.8. The molecule has 0 radical (unpaired) electrons. The summed E-state index contributed by atoms with van der Waals surface area (Å²) in [5.74, 6) is 3.32. The summed E-state index contributed by atoms with van der Waals surface area (Å²) in [5, 5.41) is 35.0. The van der Waals surface area contributed by atoms with E-state index in [0.29, 0.717) is 32.5 Å². The van der Waals surface area contributed by atoms with E-state index in [1.807, 2.05) is 37.3 Å². The highest BCUT2D eigenvalue weighted by Gasteiger charge is 2.29. The third kappa shape index (κ3) is 15.9. The Labute approximate surface area is 506 Å². The van der Waals surface area contributed by atoms with E-state index in [1.165, 1.54) is 22.3 Å². The largest absolute Gasteiger partial charge is 0.487 e. The molecule has 0 fully saturated rings. The lowest BCUT2D eigenvalue weighted by Gasteiger charge is -2.28. The van der Waals surface area contributed by atoms with Crippen molar-refractivity contribution in [1.82, 2.24) is 60.0 Å². The fourth-order valence-corrected chi connectivity index (χ4v) is 10.7. The second-order valence-corrected chi connectivity index (χ2v) is 27.0. The second kappa shape index (κ2) is 27.3. The van der Waals surface area contributed by atoms with Crippen LogP contribution in [0.5, 0.6) is 23.0 Å². The van der Waals surface area contributed by atoms with Gasteiger partial charge < -0.3 is 18.9 Å². The van der Waals surface area contributed by atoms with Gasteiger partial charge in [-0.3, -0.25) is 0 Å². The average Bonchev–Trinajstić information content (AvgIpc) is 4.48. The summed E-state index contributed by atoms with van der Waals surface area (Å²) in [6.45, 7) is 42.4. The quantitative estimate of drug-likeness (QED) is 0.0480. The van der Waals surface area contributed by atoms with Gasteiger partial charge in [-0.25, -0.2) is 18.7 Å². The van der Waals surface area contributed by atoms with Crippen LogP contribution >= 0.6 is 0 Å². The van der Waals surface area contributed by atoms with Crippen LogP contribution in [0.3, 0.4) is 0 Å². The lowest BCUT2D eigenvalue weighted by molar-refractivity contribution is 0.281. The van der Waals surface area contributed by atoms with E-state index in [1.54, 1.807) is 6.20 Å². The molecule has 0 unspecified atom stereocenters. The summed E-state index contributed by atoms with van der Waals surface area (Å²) in [6.07, 6.45) is 13.4. The number of aromatic nitrogens is 12. The van der Waals surface area contributed by atoms with Gasteiger partial charge in [0, 0.05) is 45.4 Å². The fourth-order valence-electron chi connectivity index (χ4n) is 10.7. The molecule has 0 saturated carbocycles. The van der Waals surface area contributed by atoms with Crippen molar-refractivity contribution >= 4 is 0 Å². The number of rotatable bonds is 27. The van der Waals surface area contributed by atoms with Crippen molar-refractivity contribution in [1.29, 1.82) is 0 Å². The number of benzene rings is 4. The molecule has 0 atom stereocenters. The Bertz CT molecular complexity index is 3480. The van der Waals surface area contributed by atoms with Crippen molar-refractivity contribution in [2.75, 3.05) is 0 Å². The van der Waals surface area contributed by atoms with Crippen LogP contribution in [0.1, 0.15) is 227 Å². The summed E-state index contributed by atoms with van der Waals surface area (Å²) in [4.78, 5) is 0. The van der Waals surface area contributed by atoms with Gasteiger partial charge in [0.05, 0.1) is 47.6 Å². The summed E-state index contributed by atoms with van der Waals surface area (Å²) in [5.41, 5.74) is 15.3. The molecule has 0 aliphatic rings. The van der Waals surface area contributed by atoms with Crippen LogP contribution in [-0.4, -0.2) is 60.0 Å². The number of nitrogens with zero attached hydrogens (tertiary/aromatic N) is 12. The Hall–Kier alpha value is -7.36. The molecular weight excluding hydrogens is 1060 g/mol. The molecule has 0 bridgehead atoms. The summed E-state index contributed by atoms with van der Waals surface area (Å²) < 4.78 is 36.4. The number of aryl methyl sites for hydroxylation is 5. The van der Waals surface area contributed by atoms with Gasteiger partial charge in [0.15, 0.2) is 0 Å². The average molecular weight is 1160 g/mol. The molecule has 0 saturated heterocycles. The molecule has 0 aliphatic heterocycles. The molecule has 0 N–H and O–H groups in total. The maximum Gasteiger partial charge on any atom is 0.132 e. The maximum atomic E-state index is 7.38. The predicted molar refractivity (Wildman–Crippen MR) is 337 cm³/mol. The van der Waals surface area contributed by atoms with Gasteiger partial charge in [-0.1, -0.05) is 187 Å². The van der Waals surface area contributed by atoms with Gasteiger partial charge in [0.25, 0.3) is 0 Å². The number of hydrogen-bond acceptors (Lipinski definition) is 12. The predicted octanol–water partition coefficient (Wildman–Crippen LogP) is 14.5. The number of ether oxygens (including phenoxy) is 4. The molecule has 456 valence electrons. The third-order valence-electron chi connectivity index (χ3n) is 15.8. The Morgan fingerprint density at radius 2 is 0.600 bits per heavy atom. The number of hydrogen-bond donors (Lipinski definition) is 0. The van der Waals surface area contributed by atoms with E-state index in [2.05, 4.69) is 214 Å². The van der Waals surface area contributed by atoms with E-state index in [0.717, 1.165) is 143 Å². The van der Waals surface area contributed by atoms with Crippen LogP contribution in [0.25, 0.3) is 0 Å². The van der Waals surface area contributed by atoms with Crippen LogP contribution in [0.15, 0.2) is 79.4 Å². The van der Waals surface area contributed by atoms with Crippen LogP contribution in [-0.2, 0) is 99.9 Å². The van der Waals surface area contributed by atoms with Crippen LogP contribution in [0.4, 0.5) is 0 Å². The highest BCUT2D eigenvalue weighted by molar-refractivity contribution is 5.57. The van der Waals surface area contributed by atoms with Crippen molar-refractivity contribution in [3.05, 3.63) is 163 Å². The molecule has 16 nitrogen and oxygen atoms in total. The third-order valence-corrected chi connectivity index (χ3v) is 15.8. The van der Waals surface area contributed by atoms with Crippen molar-refractivity contribution < 1.29 is 18.9 Å². The first-order chi connectivity index (χ1) is 40.4. The monoisotopic (exact) mass is 1160 g/mol. The highest BCUT2D eigenvalue weighted by Crippen LogP contribution is 2.43. The Kier molecular flexibility index (Phi) is 20.5. The van der Waals surface area contributed by atoms with E-state index in [-0.39, 0.29) is 34.9 Å². The Morgan fingerprint density at radius 3 is 0.894 bits per heavy atom. The van der Waals surface area contributed by atoms with Crippen molar-refractivity contribution in [2.24, 2.45) is 0 Å². The molecule has 0 spiro atoms. The van der Waals surface area contributed by atoms with Crippen LogP contribution < -0.4 is 18.9 Å². The lowest BCUT2D eigenvalue weighted by atomic mass is 9.80. The van der Waals surface area contributed by atoms with Crippen LogP contribution in [0.2, 0.25) is 0 Å². The SMILES string of the molecule is CCCn1nncc1COc1ccc(C(C)(C)C)cc1Cc1cc(C(C)(C)C)cc(Cc2cc(C(C)(C)C)cc(Cc3cc(C(C)(C)C)cc(CC)c3OCc3cnnn3CCC)c2OCc2cnnn2CCC)c1OCc1cnnn1CCC. The molecule has 0 aliphatic carbocycles. The lowest BCUT2D eigenvalue weighted by Crippen LogP contribution is -2.17. The van der Waals surface area contributed by atoms with E-state index in [9.17, 15) is 0 Å². The van der Waals surface area contributed by atoms with Crippen molar-refractivity contribution in [2.45, 2.75) is 243 Å². The zero-order valence-corrected chi connectivity index (χ0v) is 54.3. The van der Waals surface area contributed by atoms with Gasteiger partial charge in [-0.15, -0.1) is 20.4 Å². The molecule has 4 aromatic carbocycles. The van der Waals surface area contributed by atoms with E-state index < -0.39 is 0 Å². The standard InChI is InChI=1S/C69H96N12O4/c1-18-25-78-58(39-70-74-78)43-82-62-24-23-54(66(6,7)8)33-48(62)29-49-34-56(68(12,13)14)37-52(64(49)84-45-60-41-72-76-80(60)27-20-3)31-53-38-57(69(15,16)17)36-51(65(53)85-46-61-42-73-77-81(61)28-21-4)30-50-35-55(67(9,10)11)32-47(22-5)63(50)83-44-59-40-71-75-79(59)26-19-2/h23-24,32-42H,18-22,25-31,43-46H2,1-17H3. The van der Waals surface area contributed by atoms with Gasteiger partial charge in [0.2, 0.25) is 0 Å². The molecule has 8 rings (SSSR count). The van der Waals surface area contributed by atoms with Crippen molar-refractivity contribution in [3.63, 3.8) is 0 Å². The first-order valence-electron chi connectivity index (χ1n) is 31.0. The van der Waals surface area contributed by atoms with E-state index in [4.69, 9.17) is 18.9 Å². The minimum atomic E-state index is -0.237. The molecule has 8 aromatic rings. The van der Waals surface area contributed by atoms with Crippen LogP contribution in [0, 0.1) is 0 Å².